The SMILES string of the molecule is CCCC[Si](CCCC)(CCCC)c1ccc(P(c2ccc([Si](CCCC)(CCCC)CCCC)cc2)N(C(C)C)P(c2ccccc2OS(C)(=O)=O)c2ccccc2OS(C)(=O)=O)cc1. The highest BCUT2D eigenvalue weighted by Crippen LogP contribution is 2.58. The standard InChI is InChI=1S/C53H83NO6P2S2Si2/c1-11-17-39-65(40-18-12-2,41-19-13-3)48-35-31-46(32-36-48)61(47-33-37-49(38-34-47)66(42-20-14-4,43-21-15-5)44-22-16-6)54(45(7)8)62(52-29-25-23-27-50(52)59-63(9,55)56)53-30-26-24-28-51(53)60-64(10,57)58/h23-38,45H,11-22,39-44H2,1-10H3. The minimum atomic E-state index is -3.93. The molecule has 7 nitrogen and oxygen atoms in total. The molecule has 0 aromatic heterocycles. The molecule has 0 atom stereocenters. The summed E-state index contributed by atoms with van der Waals surface area (Å²) in [6, 6.07) is 42.0. The molecule has 0 heterocycles. The molecule has 0 saturated heterocycles. The molecular formula is C53H83NO6P2S2Si2. The van der Waals surface area contributed by atoms with Gasteiger partial charge in [-0.2, -0.15) is 16.8 Å². The van der Waals surface area contributed by atoms with Gasteiger partial charge in [-0.15, -0.1) is 0 Å². The lowest BCUT2D eigenvalue weighted by atomic mass is 10.3. The Bertz CT molecular complexity index is 2080. The molecule has 4 rings (SSSR count). The van der Waals surface area contributed by atoms with Gasteiger partial charge in [-0.25, -0.2) is 4.44 Å². The second-order valence-electron chi connectivity index (χ2n) is 18.8. The van der Waals surface area contributed by atoms with E-state index in [1.807, 2.05) is 24.3 Å². The molecular weight excluding hydrogens is 929 g/mol. The average molecular weight is 1010 g/mol. The number of unbranched alkanes of at least 4 members (excludes halogenated alkanes) is 6. The van der Waals surface area contributed by atoms with Gasteiger partial charge in [-0.05, 0) is 48.7 Å². The molecule has 13 heteroatoms. The Morgan fingerprint density at radius 1 is 0.455 bits per heavy atom. The van der Waals surface area contributed by atoms with Crippen molar-refractivity contribution in [1.82, 2.24) is 4.44 Å². The van der Waals surface area contributed by atoms with Gasteiger partial charge in [0.1, 0.15) is 0 Å². The van der Waals surface area contributed by atoms with Crippen LogP contribution < -0.4 is 40.0 Å². The average Bonchev–Trinajstić information content (AvgIpc) is 3.29. The zero-order valence-corrected chi connectivity index (χ0v) is 47.6. The Morgan fingerprint density at radius 2 is 0.742 bits per heavy atom. The van der Waals surface area contributed by atoms with Crippen molar-refractivity contribution in [1.29, 1.82) is 0 Å². The predicted octanol–water partition coefficient (Wildman–Crippen LogP) is 12.6. The zero-order valence-electron chi connectivity index (χ0n) is 42.2. The maximum Gasteiger partial charge on any atom is 0.306 e. The van der Waals surface area contributed by atoms with Crippen LogP contribution in [-0.2, 0) is 20.2 Å². The largest absolute Gasteiger partial charge is 0.382 e. The summed E-state index contributed by atoms with van der Waals surface area (Å²) in [5.74, 6) is 0.451. The van der Waals surface area contributed by atoms with E-state index in [1.165, 1.54) is 124 Å². The van der Waals surface area contributed by atoms with E-state index < -0.39 is 52.5 Å². The van der Waals surface area contributed by atoms with Gasteiger partial charge in [-0.3, -0.25) is 0 Å². The lowest BCUT2D eigenvalue weighted by Gasteiger charge is -2.42. The number of nitrogens with zero attached hydrogens (tertiary/aromatic N) is 1. The molecule has 0 radical (unpaired) electrons. The number of rotatable bonds is 31. The van der Waals surface area contributed by atoms with Gasteiger partial charge < -0.3 is 8.37 Å². The molecule has 66 heavy (non-hydrogen) atoms. The van der Waals surface area contributed by atoms with Gasteiger partial charge in [0.15, 0.2) is 11.5 Å². The molecule has 0 saturated carbocycles. The number of para-hydroxylation sites is 2. The van der Waals surface area contributed by atoms with Crippen molar-refractivity contribution in [3.8, 4) is 11.5 Å². The minimum Gasteiger partial charge on any atom is -0.382 e. The summed E-state index contributed by atoms with van der Waals surface area (Å²) in [4.78, 5) is 0. The van der Waals surface area contributed by atoms with Crippen LogP contribution in [0.4, 0.5) is 0 Å². The predicted molar refractivity (Wildman–Crippen MR) is 295 cm³/mol. The summed E-state index contributed by atoms with van der Waals surface area (Å²) in [6.45, 7) is 18.3. The third kappa shape index (κ3) is 15.8. The highest BCUT2D eigenvalue weighted by Gasteiger charge is 2.40. The zero-order chi connectivity index (χ0) is 48.4. The van der Waals surface area contributed by atoms with Crippen molar-refractivity contribution >= 4 is 84.1 Å². The Balaban J connectivity index is 2.12. The minimum absolute atomic E-state index is 0.0848. The third-order valence-corrected chi connectivity index (χ3v) is 31.0. The van der Waals surface area contributed by atoms with E-state index in [9.17, 15) is 16.8 Å². The van der Waals surface area contributed by atoms with E-state index in [0.29, 0.717) is 10.6 Å². The van der Waals surface area contributed by atoms with Crippen LogP contribution in [0.1, 0.15) is 132 Å². The monoisotopic (exact) mass is 1010 g/mol. The lowest BCUT2D eigenvalue weighted by molar-refractivity contribution is 0.493. The molecule has 0 aliphatic carbocycles. The van der Waals surface area contributed by atoms with E-state index in [-0.39, 0.29) is 17.5 Å². The molecule has 0 unspecified atom stereocenters. The Labute approximate surface area is 407 Å². The van der Waals surface area contributed by atoms with Crippen molar-refractivity contribution < 1.29 is 25.2 Å². The number of hydrogen-bond donors (Lipinski definition) is 0. The van der Waals surface area contributed by atoms with E-state index in [1.54, 1.807) is 34.6 Å². The molecule has 4 aromatic rings. The van der Waals surface area contributed by atoms with Gasteiger partial charge in [0, 0.05) is 32.8 Å². The fourth-order valence-corrected chi connectivity index (χ4v) is 28.2. The molecule has 0 aliphatic rings. The van der Waals surface area contributed by atoms with Crippen molar-refractivity contribution in [2.24, 2.45) is 0 Å². The topological polar surface area (TPSA) is 90.0 Å². The van der Waals surface area contributed by atoms with Crippen LogP contribution in [0.25, 0.3) is 0 Å². The van der Waals surface area contributed by atoms with Crippen molar-refractivity contribution in [3.05, 3.63) is 97.1 Å². The first-order valence-electron chi connectivity index (χ1n) is 25.1. The summed E-state index contributed by atoms with van der Waals surface area (Å²) in [7, 11) is -14.5. The molecule has 0 fully saturated rings. The number of hydrogen-bond acceptors (Lipinski definition) is 7. The second-order valence-corrected chi connectivity index (χ2v) is 35.7. The summed E-state index contributed by atoms with van der Waals surface area (Å²) in [5.41, 5.74) is 0. The fraction of sp³-hybridized carbons (Fsp3) is 0.547. The maximum atomic E-state index is 12.9. The quantitative estimate of drug-likeness (QED) is 0.0282. The van der Waals surface area contributed by atoms with Crippen LogP contribution in [0.15, 0.2) is 97.1 Å². The Hall–Kier alpha value is -2.37. The molecule has 0 spiro atoms. The fourth-order valence-electron chi connectivity index (χ4n) is 9.64. The summed E-state index contributed by atoms with van der Waals surface area (Å²) >= 11 is 0. The van der Waals surface area contributed by atoms with Crippen molar-refractivity contribution in [3.63, 3.8) is 0 Å². The van der Waals surface area contributed by atoms with Gasteiger partial charge in [0.2, 0.25) is 0 Å². The van der Waals surface area contributed by atoms with Crippen LogP contribution in [0.2, 0.25) is 36.3 Å². The summed E-state index contributed by atoms with van der Waals surface area (Å²) in [5, 5.41) is 6.88. The van der Waals surface area contributed by atoms with Gasteiger partial charge in [0.25, 0.3) is 0 Å². The summed E-state index contributed by atoms with van der Waals surface area (Å²) in [6.07, 6.45) is 16.9. The molecule has 4 aromatic carbocycles. The molecule has 0 bridgehead atoms. The van der Waals surface area contributed by atoms with E-state index in [4.69, 9.17) is 8.37 Å². The maximum absolute atomic E-state index is 12.9. The van der Waals surface area contributed by atoms with Gasteiger partial charge >= 0.3 is 20.2 Å². The Kier molecular flexibility index (Phi) is 23.1. The van der Waals surface area contributed by atoms with E-state index in [0.717, 1.165) is 12.5 Å². The smallest absolute Gasteiger partial charge is 0.306 e. The highest BCUT2D eigenvalue weighted by molar-refractivity contribution is 7.87. The van der Waals surface area contributed by atoms with Crippen LogP contribution >= 0.6 is 16.1 Å². The van der Waals surface area contributed by atoms with Crippen LogP contribution in [0.3, 0.4) is 0 Å². The van der Waals surface area contributed by atoms with Crippen LogP contribution in [-0.4, -0.2) is 56.0 Å². The lowest BCUT2D eigenvalue weighted by Crippen LogP contribution is -2.48. The van der Waals surface area contributed by atoms with E-state index >= 15 is 0 Å². The highest BCUT2D eigenvalue weighted by atomic mass is 32.2. The van der Waals surface area contributed by atoms with Crippen LogP contribution in [0.5, 0.6) is 11.5 Å². The van der Waals surface area contributed by atoms with Gasteiger partial charge in [0.05, 0.1) is 28.7 Å². The first-order chi connectivity index (χ1) is 31.5. The van der Waals surface area contributed by atoms with Crippen molar-refractivity contribution in [2.45, 2.75) is 175 Å². The van der Waals surface area contributed by atoms with Crippen molar-refractivity contribution in [2.75, 3.05) is 12.5 Å². The molecule has 366 valence electrons. The molecule has 0 amide bonds. The second kappa shape index (κ2) is 27.1. The number of benzene rings is 4. The van der Waals surface area contributed by atoms with Crippen LogP contribution in [0, 0.1) is 0 Å². The van der Waals surface area contributed by atoms with E-state index in [2.05, 4.69) is 108 Å². The Morgan fingerprint density at radius 3 is 1.00 bits per heavy atom. The first-order valence-corrected chi connectivity index (χ1v) is 36.6. The van der Waals surface area contributed by atoms with Gasteiger partial charge in [-0.1, -0.05) is 238 Å². The molecule has 0 N–H and O–H groups in total. The summed E-state index contributed by atoms with van der Waals surface area (Å²) < 4.78 is 66.0. The normalized spacial score (nSPS) is 12.8. The molecule has 0 aliphatic heterocycles. The first kappa shape index (κ1) is 56.2. The third-order valence-electron chi connectivity index (χ3n) is 13.0.